The topological polar surface area (TPSA) is 109 Å². The van der Waals surface area contributed by atoms with E-state index >= 15 is 0 Å². The molecule has 3 saturated carbocycles. The third kappa shape index (κ3) is 7.32. The molecule has 2 aliphatic heterocycles. The minimum absolute atomic E-state index is 0.0485. The molecular formula is C40H49ClF2N4O5S. The molecule has 0 radical (unpaired) electrons. The molecule has 2 N–H and O–H groups in total. The van der Waals surface area contributed by atoms with Gasteiger partial charge >= 0.3 is 6.03 Å². The average molecular weight is 771 g/mol. The monoisotopic (exact) mass is 770 g/mol. The maximum absolute atomic E-state index is 14.5. The first-order valence-electron chi connectivity index (χ1n) is 19.0. The van der Waals surface area contributed by atoms with Gasteiger partial charge in [0.25, 0.3) is 5.91 Å². The van der Waals surface area contributed by atoms with E-state index in [1.807, 2.05) is 19.1 Å². The molecule has 0 saturated heterocycles. The summed E-state index contributed by atoms with van der Waals surface area (Å²) in [6, 6.07) is 10.4. The summed E-state index contributed by atoms with van der Waals surface area (Å²) in [5, 5.41) is 3.51. The van der Waals surface area contributed by atoms with Gasteiger partial charge in [-0.3, -0.25) is 9.52 Å². The highest BCUT2D eigenvalue weighted by atomic mass is 35.5. The van der Waals surface area contributed by atoms with Crippen LogP contribution in [0.3, 0.4) is 0 Å². The molecule has 286 valence electrons. The summed E-state index contributed by atoms with van der Waals surface area (Å²) in [5.41, 5.74) is 2.83. The molecule has 6 aliphatic rings. The van der Waals surface area contributed by atoms with Crippen LogP contribution in [-0.2, 0) is 26.5 Å². The molecule has 3 amide bonds. The Balaban J connectivity index is 1.12. The first-order valence-corrected chi connectivity index (χ1v) is 21.1. The van der Waals surface area contributed by atoms with Crippen LogP contribution in [-0.4, -0.2) is 66.8 Å². The SMILES string of the molecule is CO[C@H]1/C=C\C[C@H](C)CS(=O)(NC(=O)NC2CC3(C2)CC(F)(F)C3)=NC(=O)c2ccc3c(c2)N(C[C@@H]2CC[C@H]21)C[C@@]1(CCCc2cc(Cl)ccc21)CO3. The molecule has 8 rings (SSSR count). The highest BCUT2D eigenvalue weighted by molar-refractivity contribution is 7.92. The van der Waals surface area contributed by atoms with E-state index in [0.29, 0.717) is 50.0 Å². The van der Waals surface area contributed by atoms with Crippen LogP contribution in [0.25, 0.3) is 0 Å². The zero-order valence-corrected chi connectivity index (χ0v) is 32.0. The summed E-state index contributed by atoms with van der Waals surface area (Å²) in [6.07, 6.45) is 10.2. The summed E-state index contributed by atoms with van der Waals surface area (Å²) in [6.45, 7) is 3.84. The molecule has 4 aliphatic carbocycles. The number of urea groups is 1. The number of rotatable bonds is 3. The second-order valence-electron chi connectivity index (χ2n) is 16.9. The Morgan fingerprint density at radius 3 is 2.70 bits per heavy atom. The smallest absolute Gasteiger partial charge is 0.327 e. The Labute approximate surface area is 315 Å². The second kappa shape index (κ2) is 13.8. The summed E-state index contributed by atoms with van der Waals surface area (Å²) >= 11 is 6.45. The van der Waals surface area contributed by atoms with Gasteiger partial charge in [-0.2, -0.15) is 0 Å². The number of halogens is 3. The van der Waals surface area contributed by atoms with Gasteiger partial charge in [-0.25, -0.2) is 17.8 Å². The lowest BCUT2D eigenvalue weighted by molar-refractivity contribution is -0.197. The van der Waals surface area contributed by atoms with Crippen molar-refractivity contribution in [1.82, 2.24) is 10.0 Å². The number of nitrogens with zero attached hydrogens (tertiary/aromatic N) is 2. The van der Waals surface area contributed by atoms with Crippen LogP contribution < -0.4 is 19.7 Å². The van der Waals surface area contributed by atoms with Gasteiger partial charge in [-0.15, -0.1) is 4.36 Å². The minimum Gasteiger partial charge on any atom is -0.490 e. The number of alkyl halides is 2. The molecule has 2 bridgehead atoms. The van der Waals surface area contributed by atoms with E-state index in [0.717, 1.165) is 49.4 Å². The number of ether oxygens (including phenoxy) is 2. The summed E-state index contributed by atoms with van der Waals surface area (Å²) in [4.78, 5) is 29.6. The summed E-state index contributed by atoms with van der Waals surface area (Å²) in [7, 11) is -1.85. The van der Waals surface area contributed by atoms with Crippen molar-refractivity contribution in [3.63, 3.8) is 0 Å². The van der Waals surface area contributed by atoms with Crippen molar-refractivity contribution < 1.29 is 32.1 Å². The van der Waals surface area contributed by atoms with Crippen LogP contribution in [0.15, 0.2) is 52.9 Å². The fourth-order valence-electron chi connectivity index (χ4n) is 10.1. The van der Waals surface area contributed by atoms with Gasteiger partial charge in [0, 0.05) is 55.1 Å². The molecule has 9 nitrogen and oxygen atoms in total. The first-order chi connectivity index (χ1) is 25.3. The lowest BCUT2D eigenvalue weighted by Gasteiger charge is -2.57. The Morgan fingerprint density at radius 1 is 1.15 bits per heavy atom. The van der Waals surface area contributed by atoms with Crippen LogP contribution in [0.5, 0.6) is 5.75 Å². The Hall–Kier alpha value is -3.22. The summed E-state index contributed by atoms with van der Waals surface area (Å²) in [5.74, 6) is -2.22. The van der Waals surface area contributed by atoms with Gasteiger partial charge in [-0.05, 0) is 116 Å². The van der Waals surface area contributed by atoms with Crippen molar-refractivity contribution in [2.45, 2.75) is 94.6 Å². The number of nitrogens with one attached hydrogen (secondary N) is 2. The van der Waals surface area contributed by atoms with Crippen molar-refractivity contribution >= 4 is 39.1 Å². The van der Waals surface area contributed by atoms with Gasteiger partial charge in [0.05, 0.1) is 24.2 Å². The molecular weight excluding hydrogens is 722 g/mol. The number of benzene rings is 2. The third-order valence-electron chi connectivity index (χ3n) is 12.7. The number of allylic oxidation sites excluding steroid dienone is 1. The average Bonchev–Trinajstić information content (AvgIpc) is 3.20. The standard InChI is InChI=1S/C40H49ClF2N4O5S/c1-25-5-3-7-34(51-2)31-11-8-28(31)19-47-23-39(14-4-6-26-15-29(41)10-12-32(26)39)24-52-35-13-9-27(16-33(35)47)36(48)45-53(50,20-25)46-37(49)44-30-17-38(18-30)21-40(42,43)22-38/h3,7,9-10,12-13,15-16,25,28,30-31,34H,4-6,8,11,14,17-24H2,1-2H3,(H2,44,45,46,48,49,50)/b7-3-/t25-,28-,31+,34-,39-,53?/m0/s1. The fourth-order valence-corrected chi connectivity index (χ4v) is 12.2. The number of carbonyl (C=O) groups excluding carboxylic acids is 2. The van der Waals surface area contributed by atoms with Crippen LogP contribution in [0.1, 0.15) is 86.2 Å². The van der Waals surface area contributed by atoms with E-state index < -0.39 is 33.2 Å². The van der Waals surface area contributed by atoms with Crippen molar-refractivity contribution in [3.05, 3.63) is 70.3 Å². The van der Waals surface area contributed by atoms with Crippen LogP contribution >= 0.6 is 11.6 Å². The Morgan fingerprint density at radius 2 is 1.96 bits per heavy atom. The van der Waals surface area contributed by atoms with E-state index in [-0.39, 0.29) is 47.6 Å². The van der Waals surface area contributed by atoms with Gasteiger partial charge in [0.2, 0.25) is 5.92 Å². The highest BCUT2D eigenvalue weighted by Crippen LogP contribution is 2.62. The molecule has 2 aromatic carbocycles. The van der Waals surface area contributed by atoms with Gasteiger partial charge < -0.3 is 19.7 Å². The van der Waals surface area contributed by atoms with Crippen LogP contribution in [0, 0.1) is 23.2 Å². The number of fused-ring (bicyclic) bond motifs is 4. The number of hydrogen-bond donors (Lipinski definition) is 2. The van der Waals surface area contributed by atoms with Crippen molar-refractivity contribution in [2.75, 3.05) is 37.5 Å². The van der Waals surface area contributed by atoms with Gasteiger partial charge in [0.1, 0.15) is 15.7 Å². The van der Waals surface area contributed by atoms with E-state index in [9.17, 15) is 22.6 Å². The fraction of sp³-hybridized carbons (Fsp3) is 0.600. The zero-order valence-electron chi connectivity index (χ0n) is 30.4. The lowest BCUT2D eigenvalue weighted by Crippen LogP contribution is -2.61. The normalized spacial score (nSPS) is 33.8. The number of aryl methyl sites for hydroxylation is 1. The maximum atomic E-state index is 14.5. The maximum Gasteiger partial charge on any atom is 0.327 e. The minimum atomic E-state index is -3.59. The number of carbonyl (C=O) groups is 2. The largest absolute Gasteiger partial charge is 0.490 e. The van der Waals surface area contributed by atoms with E-state index in [1.54, 1.807) is 25.3 Å². The first kappa shape index (κ1) is 36.7. The molecule has 2 spiro atoms. The quantitative estimate of drug-likeness (QED) is 0.308. The highest BCUT2D eigenvalue weighted by Gasteiger charge is 2.62. The van der Waals surface area contributed by atoms with Crippen LogP contribution in [0.2, 0.25) is 5.02 Å². The van der Waals surface area contributed by atoms with E-state index in [4.69, 9.17) is 21.1 Å². The molecule has 6 atom stereocenters. The predicted octanol–water partition coefficient (Wildman–Crippen LogP) is 7.85. The zero-order chi connectivity index (χ0) is 37.2. The van der Waals surface area contributed by atoms with Crippen LogP contribution in [0.4, 0.5) is 19.3 Å². The van der Waals surface area contributed by atoms with Gasteiger partial charge in [0.15, 0.2) is 0 Å². The lowest BCUT2D eigenvalue weighted by atomic mass is 9.52. The molecule has 53 heavy (non-hydrogen) atoms. The molecule has 2 aromatic rings. The summed E-state index contributed by atoms with van der Waals surface area (Å²) < 4.78 is 61.0. The number of hydrogen-bond acceptors (Lipinski definition) is 6. The second-order valence-corrected chi connectivity index (χ2v) is 19.3. The Bertz CT molecular complexity index is 1930. The molecule has 3 fully saturated rings. The van der Waals surface area contributed by atoms with Crippen molar-refractivity contribution in [1.29, 1.82) is 0 Å². The van der Waals surface area contributed by atoms with Gasteiger partial charge in [-0.1, -0.05) is 36.7 Å². The molecule has 2 heterocycles. The molecule has 1 unspecified atom stereocenters. The molecule has 13 heteroatoms. The van der Waals surface area contributed by atoms with Crippen molar-refractivity contribution in [2.24, 2.45) is 27.5 Å². The van der Waals surface area contributed by atoms with E-state index in [2.05, 4.69) is 37.5 Å². The molecule has 0 aromatic heterocycles. The Kier molecular flexibility index (Phi) is 9.58. The number of amides is 3. The number of methoxy groups -OCH3 is 1. The third-order valence-corrected chi connectivity index (χ3v) is 14.9. The number of anilines is 1. The van der Waals surface area contributed by atoms with E-state index in [1.165, 1.54) is 11.1 Å². The van der Waals surface area contributed by atoms with Crippen molar-refractivity contribution in [3.8, 4) is 5.75 Å². The predicted molar refractivity (Wildman–Crippen MR) is 201 cm³/mol.